The molecular formula is C29H39F2N11O2S. The van der Waals surface area contributed by atoms with Crippen LogP contribution in [0, 0.1) is 0 Å². The van der Waals surface area contributed by atoms with E-state index in [1.54, 1.807) is 30.6 Å². The summed E-state index contributed by atoms with van der Waals surface area (Å²) < 4.78 is 53.6. The van der Waals surface area contributed by atoms with Crippen molar-refractivity contribution in [2.45, 2.75) is 68.1 Å². The van der Waals surface area contributed by atoms with Crippen molar-refractivity contribution in [3.63, 3.8) is 0 Å². The Morgan fingerprint density at radius 3 is 2.60 bits per heavy atom. The van der Waals surface area contributed by atoms with Crippen molar-refractivity contribution in [1.82, 2.24) is 49.8 Å². The first-order chi connectivity index (χ1) is 21.5. The van der Waals surface area contributed by atoms with Gasteiger partial charge in [-0.1, -0.05) is 0 Å². The molecule has 3 aromatic rings. The summed E-state index contributed by atoms with van der Waals surface area (Å²) in [6.45, 7) is -0.855. The molecule has 1 aliphatic heterocycles. The molecule has 242 valence electrons. The van der Waals surface area contributed by atoms with Gasteiger partial charge in [-0.15, -0.1) is 0 Å². The van der Waals surface area contributed by atoms with Gasteiger partial charge >= 0.3 is 6.55 Å². The second kappa shape index (κ2) is 12.6. The normalized spacial score (nSPS) is 24.0. The minimum atomic E-state index is -3.54. The van der Waals surface area contributed by atoms with Crippen LogP contribution in [0.25, 0.3) is 17.0 Å². The largest absolute Gasteiger partial charge is 0.382 e. The van der Waals surface area contributed by atoms with Crippen LogP contribution in [0.2, 0.25) is 0 Å². The second-order valence-electron chi connectivity index (χ2n) is 12.1. The molecule has 5 N–H and O–H groups in total. The lowest BCUT2D eigenvalue weighted by Crippen LogP contribution is -2.50. The molecule has 4 heterocycles. The van der Waals surface area contributed by atoms with Crippen LogP contribution in [0.1, 0.15) is 56.5 Å². The van der Waals surface area contributed by atoms with Crippen molar-refractivity contribution >= 4 is 15.6 Å². The number of rotatable bonds is 12. The van der Waals surface area contributed by atoms with Crippen LogP contribution in [0.15, 0.2) is 54.9 Å². The van der Waals surface area contributed by atoms with Crippen LogP contribution < -0.4 is 21.7 Å². The standard InChI is InChI=1S/C29H39F2N11O2S/c1-40(2)14-12-33-20-3-5-21(6-4-20)37-25-15-29(32,35-17-23(25)24-10-13-41(39-24)28(30)31)26-9-11-34-27(38-26)19-16-36-42(18-19)45(43,44)22-7-8-22/h9-11,13,15-18,20-22,28,33,35,37H,3-8,12,14,32H2,1-2H3. The number of halogens is 2. The molecule has 0 radical (unpaired) electrons. The number of dihydropyridines is 1. The molecule has 1 unspecified atom stereocenters. The summed E-state index contributed by atoms with van der Waals surface area (Å²) in [5.74, 6) is 0.268. The maximum atomic E-state index is 13.4. The predicted octanol–water partition coefficient (Wildman–Crippen LogP) is 1.96. The first-order valence-electron chi connectivity index (χ1n) is 15.1. The lowest BCUT2D eigenvalue weighted by Gasteiger charge is -2.36. The predicted molar refractivity (Wildman–Crippen MR) is 165 cm³/mol. The highest BCUT2D eigenvalue weighted by Gasteiger charge is 2.38. The van der Waals surface area contributed by atoms with E-state index in [2.05, 4.69) is 55.1 Å². The van der Waals surface area contributed by atoms with E-state index in [1.165, 1.54) is 18.6 Å². The van der Waals surface area contributed by atoms with Gasteiger partial charge in [0.05, 0.1) is 34.6 Å². The molecule has 0 bridgehead atoms. The Balaban J connectivity index is 1.24. The van der Waals surface area contributed by atoms with Gasteiger partial charge in [-0.05, 0) is 70.8 Å². The fourth-order valence-corrected chi connectivity index (χ4v) is 7.12. The fraction of sp³-hybridized carbons (Fsp3) is 0.517. The van der Waals surface area contributed by atoms with Gasteiger partial charge in [-0.25, -0.2) is 23.1 Å². The third-order valence-electron chi connectivity index (χ3n) is 8.38. The van der Waals surface area contributed by atoms with Gasteiger partial charge in [-0.2, -0.15) is 23.1 Å². The van der Waals surface area contributed by atoms with E-state index in [1.807, 2.05) is 0 Å². The Kier molecular flexibility index (Phi) is 8.74. The summed E-state index contributed by atoms with van der Waals surface area (Å²) in [6, 6.07) is 3.80. The maximum absolute atomic E-state index is 13.4. The SMILES string of the molecule is CN(C)CCNC1CCC(NC2=CC(N)(c3ccnc(-c4cnn(S(=O)(=O)C5CC5)c4)n3)NC=C2c2ccn(C(F)F)n2)CC1. The summed E-state index contributed by atoms with van der Waals surface area (Å²) in [7, 11) is 0.575. The molecule has 16 heteroatoms. The Hall–Kier alpha value is -3.73. The monoisotopic (exact) mass is 643 g/mol. The highest BCUT2D eigenvalue weighted by molar-refractivity contribution is 7.90. The Morgan fingerprint density at radius 2 is 1.91 bits per heavy atom. The molecule has 2 saturated carbocycles. The fourth-order valence-electron chi connectivity index (χ4n) is 5.65. The van der Waals surface area contributed by atoms with Crippen LogP contribution >= 0.6 is 0 Å². The molecule has 1 atom stereocenters. The van der Waals surface area contributed by atoms with E-state index >= 15 is 0 Å². The number of allylic oxidation sites excluding steroid dienone is 1. The van der Waals surface area contributed by atoms with Crippen molar-refractivity contribution in [1.29, 1.82) is 0 Å². The van der Waals surface area contributed by atoms with E-state index in [-0.39, 0.29) is 11.9 Å². The van der Waals surface area contributed by atoms with Crippen LogP contribution in [-0.2, 0) is 15.7 Å². The average molecular weight is 644 g/mol. The van der Waals surface area contributed by atoms with Gasteiger partial charge in [0.2, 0.25) is 0 Å². The summed E-state index contributed by atoms with van der Waals surface area (Å²) >= 11 is 0. The number of nitrogens with one attached hydrogen (secondary N) is 3. The lowest BCUT2D eigenvalue weighted by molar-refractivity contribution is 0.0565. The first kappa shape index (κ1) is 31.3. The number of nitrogens with zero attached hydrogens (tertiary/aromatic N) is 7. The van der Waals surface area contributed by atoms with Crippen molar-refractivity contribution < 1.29 is 17.2 Å². The second-order valence-corrected chi connectivity index (χ2v) is 14.2. The molecule has 3 aliphatic rings. The number of likely N-dealkylation sites (N-methyl/N-ethyl adjacent to an activating group) is 1. The van der Waals surface area contributed by atoms with Crippen LogP contribution in [0.4, 0.5) is 8.78 Å². The quantitative estimate of drug-likeness (QED) is 0.228. The molecule has 6 rings (SSSR count). The Bertz CT molecular complexity index is 1670. The Morgan fingerprint density at radius 1 is 1.16 bits per heavy atom. The topological polar surface area (TPSA) is 161 Å². The Labute approximate surface area is 261 Å². The van der Waals surface area contributed by atoms with Crippen LogP contribution in [0.5, 0.6) is 0 Å². The minimum Gasteiger partial charge on any atom is -0.382 e. The van der Waals surface area contributed by atoms with Gasteiger partial charge in [0.15, 0.2) is 11.5 Å². The van der Waals surface area contributed by atoms with Crippen LogP contribution in [-0.4, -0.2) is 86.8 Å². The van der Waals surface area contributed by atoms with Crippen LogP contribution in [0.3, 0.4) is 0 Å². The molecule has 13 nitrogen and oxygen atoms in total. The van der Waals surface area contributed by atoms with Crippen molar-refractivity contribution in [2.24, 2.45) is 5.73 Å². The zero-order valence-corrected chi connectivity index (χ0v) is 26.1. The van der Waals surface area contributed by atoms with Gasteiger partial charge in [0, 0.05) is 55.0 Å². The van der Waals surface area contributed by atoms with E-state index in [4.69, 9.17) is 5.73 Å². The molecule has 0 saturated heterocycles. The third kappa shape index (κ3) is 6.93. The highest BCUT2D eigenvalue weighted by Crippen LogP contribution is 2.33. The van der Waals surface area contributed by atoms with Gasteiger partial charge in [0.25, 0.3) is 10.0 Å². The first-order valence-corrected chi connectivity index (χ1v) is 16.6. The number of hydrogen-bond donors (Lipinski definition) is 4. The summed E-state index contributed by atoms with van der Waals surface area (Å²) in [5, 5.41) is 18.2. The van der Waals surface area contributed by atoms with E-state index < -0.39 is 27.5 Å². The maximum Gasteiger partial charge on any atom is 0.333 e. The van der Waals surface area contributed by atoms with Gasteiger partial charge < -0.3 is 26.6 Å². The van der Waals surface area contributed by atoms with Gasteiger partial charge in [0.1, 0.15) is 0 Å². The highest BCUT2D eigenvalue weighted by atomic mass is 32.2. The molecule has 3 aromatic heterocycles. The molecule has 45 heavy (non-hydrogen) atoms. The molecule has 2 aliphatic carbocycles. The van der Waals surface area contributed by atoms with E-state index in [0.717, 1.165) is 42.9 Å². The van der Waals surface area contributed by atoms with Crippen molar-refractivity contribution in [3.05, 3.63) is 66.3 Å². The van der Waals surface area contributed by atoms with E-state index in [0.29, 0.717) is 51.8 Å². The average Bonchev–Trinajstić information content (AvgIpc) is 3.55. The minimum absolute atomic E-state index is 0.145. The molecular weight excluding hydrogens is 604 g/mol. The zero-order chi connectivity index (χ0) is 31.8. The number of hydrogen-bond acceptors (Lipinski definition) is 11. The molecule has 0 aromatic carbocycles. The summed E-state index contributed by atoms with van der Waals surface area (Å²) in [4.78, 5) is 11.2. The smallest absolute Gasteiger partial charge is 0.333 e. The van der Waals surface area contributed by atoms with Gasteiger partial charge in [-0.3, -0.25) is 0 Å². The number of alkyl halides is 2. The van der Waals surface area contributed by atoms with E-state index in [9.17, 15) is 17.2 Å². The third-order valence-corrected chi connectivity index (χ3v) is 10.4. The molecule has 2 fully saturated rings. The summed E-state index contributed by atoms with van der Waals surface area (Å²) in [6.07, 6.45) is 14.2. The number of nitrogens with two attached hydrogens (primary N) is 1. The van der Waals surface area contributed by atoms with Crippen molar-refractivity contribution in [2.75, 3.05) is 27.2 Å². The molecule has 0 spiro atoms. The lowest BCUT2D eigenvalue weighted by atomic mass is 9.89. The number of aromatic nitrogens is 6. The molecule has 0 amide bonds. The van der Waals surface area contributed by atoms with Crippen molar-refractivity contribution in [3.8, 4) is 11.4 Å². The summed E-state index contributed by atoms with van der Waals surface area (Å²) in [5.41, 5.74) is 8.09. The zero-order valence-electron chi connectivity index (χ0n) is 25.3.